The van der Waals surface area contributed by atoms with Gasteiger partial charge in [0.25, 0.3) is 10.0 Å². The van der Waals surface area contributed by atoms with Crippen LogP contribution >= 0.6 is 0 Å². The summed E-state index contributed by atoms with van der Waals surface area (Å²) in [5, 5.41) is 8.19. The third-order valence-electron chi connectivity index (χ3n) is 2.69. The van der Waals surface area contributed by atoms with Crippen molar-refractivity contribution in [3.63, 3.8) is 0 Å². The molecule has 0 saturated carbocycles. The number of aromatic carboxylic acids is 1. The monoisotopic (exact) mass is 310 g/mol. The lowest BCUT2D eigenvalue weighted by Crippen LogP contribution is -2.16. The molecule has 0 saturated heterocycles. The van der Waals surface area contributed by atoms with Gasteiger partial charge in [0.15, 0.2) is 5.82 Å². The minimum absolute atomic E-state index is 0.0574. The summed E-state index contributed by atoms with van der Waals surface area (Å²) < 4.78 is 39.7. The van der Waals surface area contributed by atoms with Crippen molar-refractivity contribution in [2.75, 3.05) is 4.72 Å². The average Bonchev–Trinajstić information content (AvgIpc) is 2.38. The van der Waals surface area contributed by atoms with E-state index in [2.05, 4.69) is 9.71 Å². The Kier molecular flexibility index (Phi) is 3.90. The van der Waals surface area contributed by atoms with Crippen LogP contribution in [0.1, 0.15) is 15.9 Å². The number of nitrogens with one attached hydrogen (secondary N) is 1. The fourth-order valence-electron chi connectivity index (χ4n) is 1.74. The minimum Gasteiger partial charge on any atom is -0.478 e. The van der Waals surface area contributed by atoms with Crippen LogP contribution in [0.25, 0.3) is 0 Å². The number of anilines is 1. The zero-order chi connectivity index (χ0) is 15.6. The number of hydrogen-bond acceptors (Lipinski definition) is 4. The van der Waals surface area contributed by atoms with Crippen molar-refractivity contribution in [1.82, 2.24) is 4.98 Å². The molecule has 0 aliphatic carbocycles. The third-order valence-corrected chi connectivity index (χ3v) is 4.00. The molecule has 2 N–H and O–H groups in total. The Morgan fingerprint density at radius 3 is 2.62 bits per heavy atom. The smallest absolute Gasteiger partial charge is 0.335 e. The zero-order valence-corrected chi connectivity index (χ0v) is 11.7. The van der Waals surface area contributed by atoms with Crippen LogP contribution in [-0.4, -0.2) is 24.5 Å². The number of nitrogens with zero attached hydrogens (tertiary/aromatic N) is 1. The number of carbonyl (C=O) groups is 1. The summed E-state index contributed by atoms with van der Waals surface area (Å²) in [6.45, 7) is 1.53. The molecule has 1 aromatic heterocycles. The minimum atomic E-state index is -4.18. The molecule has 0 fully saturated rings. The maximum absolute atomic E-state index is 13.5. The molecule has 1 heterocycles. The lowest BCUT2D eigenvalue weighted by atomic mass is 10.1. The molecule has 0 amide bonds. The first-order chi connectivity index (χ1) is 9.81. The molecule has 0 spiro atoms. The molecular formula is C13H11FN2O4S. The standard InChI is InChI=1S/C13H11FN2O4S/c1-8-7-9(4-5-10(8)13(17)18)16-21(19,20)12-11(14)3-2-6-15-12/h2-7,16H,1H3,(H,17,18). The normalized spacial score (nSPS) is 11.1. The van der Waals surface area contributed by atoms with E-state index in [0.29, 0.717) is 5.56 Å². The van der Waals surface area contributed by atoms with E-state index < -0.39 is 26.8 Å². The van der Waals surface area contributed by atoms with E-state index in [-0.39, 0.29) is 11.3 Å². The summed E-state index contributed by atoms with van der Waals surface area (Å²) in [5.41, 5.74) is 0.564. The second kappa shape index (κ2) is 5.49. The second-order valence-corrected chi connectivity index (χ2v) is 5.83. The number of halogens is 1. The number of aromatic nitrogens is 1. The van der Waals surface area contributed by atoms with E-state index in [9.17, 15) is 17.6 Å². The van der Waals surface area contributed by atoms with Crippen LogP contribution in [0.3, 0.4) is 0 Å². The molecule has 8 heteroatoms. The number of rotatable bonds is 4. The van der Waals surface area contributed by atoms with Crippen LogP contribution in [0.2, 0.25) is 0 Å². The van der Waals surface area contributed by atoms with Gasteiger partial charge in [-0.05, 0) is 42.8 Å². The Bertz CT molecular complexity index is 806. The van der Waals surface area contributed by atoms with E-state index >= 15 is 0 Å². The molecule has 0 aliphatic rings. The van der Waals surface area contributed by atoms with Crippen molar-refractivity contribution in [1.29, 1.82) is 0 Å². The fraction of sp³-hybridized carbons (Fsp3) is 0.0769. The van der Waals surface area contributed by atoms with Gasteiger partial charge in [0.05, 0.1) is 5.56 Å². The van der Waals surface area contributed by atoms with Gasteiger partial charge in [0, 0.05) is 11.9 Å². The lowest BCUT2D eigenvalue weighted by molar-refractivity contribution is 0.0696. The number of pyridine rings is 1. The Morgan fingerprint density at radius 2 is 2.05 bits per heavy atom. The number of sulfonamides is 1. The number of benzene rings is 1. The predicted molar refractivity (Wildman–Crippen MR) is 73.1 cm³/mol. The Morgan fingerprint density at radius 1 is 1.33 bits per heavy atom. The van der Waals surface area contributed by atoms with Crippen LogP contribution in [0.15, 0.2) is 41.6 Å². The van der Waals surface area contributed by atoms with Gasteiger partial charge in [-0.15, -0.1) is 0 Å². The molecule has 0 radical (unpaired) electrons. The molecule has 0 bridgehead atoms. The lowest BCUT2D eigenvalue weighted by Gasteiger charge is -2.09. The number of carboxylic acid groups (broad SMARTS) is 1. The van der Waals surface area contributed by atoms with Crippen molar-refractivity contribution in [3.8, 4) is 0 Å². The summed E-state index contributed by atoms with van der Waals surface area (Å²) in [5.74, 6) is -2.08. The van der Waals surface area contributed by atoms with Crippen molar-refractivity contribution in [2.45, 2.75) is 11.9 Å². The molecule has 1 aromatic carbocycles. The predicted octanol–water partition coefficient (Wildman–Crippen LogP) is 2.03. The largest absolute Gasteiger partial charge is 0.478 e. The average molecular weight is 310 g/mol. The van der Waals surface area contributed by atoms with Crippen molar-refractivity contribution in [2.24, 2.45) is 0 Å². The van der Waals surface area contributed by atoms with Gasteiger partial charge in [-0.2, -0.15) is 8.42 Å². The highest BCUT2D eigenvalue weighted by Crippen LogP contribution is 2.19. The second-order valence-electron chi connectivity index (χ2n) is 4.23. The van der Waals surface area contributed by atoms with Gasteiger partial charge < -0.3 is 5.11 Å². The van der Waals surface area contributed by atoms with Crippen LogP contribution in [0.5, 0.6) is 0 Å². The number of carboxylic acids is 1. The van der Waals surface area contributed by atoms with Gasteiger partial charge in [-0.25, -0.2) is 14.2 Å². The molecular weight excluding hydrogens is 299 g/mol. The molecule has 21 heavy (non-hydrogen) atoms. The van der Waals surface area contributed by atoms with Gasteiger partial charge in [0.2, 0.25) is 5.03 Å². The summed E-state index contributed by atoms with van der Waals surface area (Å²) in [6, 6.07) is 6.17. The van der Waals surface area contributed by atoms with Gasteiger partial charge in [-0.1, -0.05) is 0 Å². The van der Waals surface area contributed by atoms with E-state index in [1.807, 2.05) is 0 Å². The van der Waals surface area contributed by atoms with Gasteiger partial charge >= 0.3 is 5.97 Å². The number of aryl methyl sites for hydroxylation is 1. The molecule has 2 aromatic rings. The van der Waals surface area contributed by atoms with Crippen LogP contribution in [-0.2, 0) is 10.0 Å². The van der Waals surface area contributed by atoms with E-state index in [4.69, 9.17) is 5.11 Å². The highest BCUT2D eigenvalue weighted by atomic mass is 32.2. The van der Waals surface area contributed by atoms with Gasteiger partial charge in [-0.3, -0.25) is 4.72 Å². The summed E-state index contributed by atoms with van der Waals surface area (Å²) in [4.78, 5) is 14.4. The molecule has 110 valence electrons. The van der Waals surface area contributed by atoms with Crippen LogP contribution in [0, 0.1) is 12.7 Å². The van der Waals surface area contributed by atoms with E-state index in [1.54, 1.807) is 0 Å². The maximum Gasteiger partial charge on any atom is 0.335 e. The van der Waals surface area contributed by atoms with Gasteiger partial charge in [0.1, 0.15) is 0 Å². The van der Waals surface area contributed by atoms with Crippen molar-refractivity contribution >= 4 is 21.7 Å². The maximum atomic E-state index is 13.5. The highest BCUT2D eigenvalue weighted by molar-refractivity contribution is 7.92. The zero-order valence-electron chi connectivity index (χ0n) is 10.9. The Hall–Kier alpha value is -2.48. The van der Waals surface area contributed by atoms with Crippen LogP contribution in [0.4, 0.5) is 10.1 Å². The Balaban J connectivity index is 2.36. The molecule has 0 unspecified atom stereocenters. The number of hydrogen-bond donors (Lipinski definition) is 2. The topological polar surface area (TPSA) is 96.4 Å². The SMILES string of the molecule is Cc1cc(NS(=O)(=O)c2ncccc2F)ccc1C(=O)O. The summed E-state index contributed by atoms with van der Waals surface area (Å²) in [6.07, 6.45) is 1.16. The molecule has 0 aliphatic heterocycles. The quantitative estimate of drug-likeness (QED) is 0.900. The highest BCUT2D eigenvalue weighted by Gasteiger charge is 2.21. The van der Waals surface area contributed by atoms with Crippen LogP contribution < -0.4 is 4.72 Å². The molecule has 2 rings (SSSR count). The molecule has 6 nitrogen and oxygen atoms in total. The third kappa shape index (κ3) is 3.16. The first kappa shape index (κ1) is 14.9. The van der Waals surface area contributed by atoms with Crippen molar-refractivity contribution in [3.05, 3.63) is 53.5 Å². The first-order valence-electron chi connectivity index (χ1n) is 5.78. The van der Waals surface area contributed by atoms with E-state index in [1.165, 1.54) is 31.2 Å². The fourth-order valence-corrected chi connectivity index (χ4v) is 2.80. The van der Waals surface area contributed by atoms with Crippen molar-refractivity contribution < 1.29 is 22.7 Å². The summed E-state index contributed by atoms with van der Waals surface area (Å²) in [7, 11) is -4.18. The first-order valence-corrected chi connectivity index (χ1v) is 7.27. The Labute approximate surface area is 120 Å². The molecule has 0 atom stereocenters. The summed E-state index contributed by atoms with van der Waals surface area (Å²) >= 11 is 0. The van der Waals surface area contributed by atoms with E-state index in [0.717, 1.165) is 12.3 Å².